The quantitative estimate of drug-likeness (QED) is 0.819. The van der Waals surface area contributed by atoms with Gasteiger partial charge in [0.25, 0.3) is 5.91 Å². The van der Waals surface area contributed by atoms with Crippen molar-refractivity contribution in [1.29, 1.82) is 0 Å². The summed E-state index contributed by atoms with van der Waals surface area (Å²) in [7, 11) is 1.54. The second-order valence-corrected chi connectivity index (χ2v) is 3.47. The third kappa shape index (κ3) is 1.53. The van der Waals surface area contributed by atoms with Crippen LogP contribution in [0.2, 0.25) is 5.02 Å². The second kappa shape index (κ2) is 3.47. The number of hydrogen-bond acceptors (Lipinski definition) is 2. The van der Waals surface area contributed by atoms with Gasteiger partial charge in [0.1, 0.15) is 11.4 Å². The van der Waals surface area contributed by atoms with Gasteiger partial charge in [0.15, 0.2) is 0 Å². The normalized spacial score (nSPS) is 10.5. The maximum absolute atomic E-state index is 11.0. The van der Waals surface area contributed by atoms with Crippen molar-refractivity contribution >= 4 is 28.4 Å². The lowest BCUT2D eigenvalue weighted by molar-refractivity contribution is 0.0996. The molecule has 3 N–H and O–H groups in total. The number of fused-ring (bicyclic) bond motifs is 1. The summed E-state index contributed by atoms with van der Waals surface area (Å²) < 4.78 is 5.06. The Morgan fingerprint density at radius 2 is 2.27 bits per heavy atom. The Balaban J connectivity index is 2.71. The molecule has 0 saturated heterocycles. The molecule has 0 atom stereocenters. The number of methoxy groups -OCH3 is 1. The highest BCUT2D eigenvalue weighted by molar-refractivity contribution is 6.37. The Hall–Kier alpha value is -1.68. The van der Waals surface area contributed by atoms with Gasteiger partial charge in [-0.3, -0.25) is 4.79 Å². The van der Waals surface area contributed by atoms with E-state index in [4.69, 9.17) is 22.1 Å². The predicted octanol–water partition coefficient (Wildman–Crippen LogP) is 1.93. The van der Waals surface area contributed by atoms with Gasteiger partial charge < -0.3 is 15.5 Å². The van der Waals surface area contributed by atoms with Crippen LogP contribution in [0.5, 0.6) is 5.75 Å². The van der Waals surface area contributed by atoms with Crippen LogP contribution in [-0.4, -0.2) is 18.0 Å². The molecule has 1 heterocycles. The van der Waals surface area contributed by atoms with Crippen LogP contribution in [0.25, 0.3) is 10.9 Å². The topological polar surface area (TPSA) is 68.1 Å². The molecule has 1 amide bonds. The molecule has 0 aliphatic carbocycles. The van der Waals surface area contributed by atoms with Gasteiger partial charge in [0, 0.05) is 10.9 Å². The van der Waals surface area contributed by atoms with Crippen molar-refractivity contribution in [2.75, 3.05) is 7.11 Å². The molecular weight excluding hydrogens is 216 g/mol. The third-order valence-corrected chi connectivity index (χ3v) is 2.58. The number of nitrogens with two attached hydrogens (primary N) is 1. The fourth-order valence-corrected chi connectivity index (χ4v) is 1.74. The number of aromatic nitrogens is 1. The maximum Gasteiger partial charge on any atom is 0.265 e. The summed E-state index contributed by atoms with van der Waals surface area (Å²) >= 11 is 6.06. The maximum atomic E-state index is 11.0. The largest absolute Gasteiger partial charge is 0.495 e. The van der Waals surface area contributed by atoms with E-state index in [2.05, 4.69) is 4.98 Å². The molecule has 0 fully saturated rings. The summed E-state index contributed by atoms with van der Waals surface area (Å²) in [5.41, 5.74) is 6.25. The molecule has 1 aromatic heterocycles. The van der Waals surface area contributed by atoms with Crippen LogP contribution < -0.4 is 10.5 Å². The first-order valence-corrected chi connectivity index (χ1v) is 4.66. The van der Waals surface area contributed by atoms with Crippen molar-refractivity contribution in [3.8, 4) is 5.75 Å². The number of primary amides is 1. The van der Waals surface area contributed by atoms with Crippen LogP contribution in [0.15, 0.2) is 18.2 Å². The van der Waals surface area contributed by atoms with E-state index in [0.29, 0.717) is 16.5 Å². The number of rotatable bonds is 2. The van der Waals surface area contributed by atoms with Crippen LogP contribution in [0.3, 0.4) is 0 Å². The molecule has 5 heteroatoms. The molecule has 0 aliphatic heterocycles. The fraction of sp³-hybridized carbons (Fsp3) is 0.100. The number of H-pyrrole nitrogens is 1. The molecule has 0 saturated carbocycles. The van der Waals surface area contributed by atoms with Crippen molar-refractivity contribution in [2.24, 2.45) is 5.73 Å². The van der Waals surface area contributed by atoms with E-state index < -0.39 is 5.91 Å². The summed E-state index contributed by atoms with van der Waals surface area (Å²) in [4.78, 5) is 13.8. The van der Waals surface area contributed by atoms with Crippen LogP contribution in [-0.2, 0) is 0 Å². The van der Waals surface area contributed by atoms with Gasteiger partial charge in [-0.2, -0.15) is 0 Å². The van der Waals surface area contributed by atoms with Crippen molar-refractivity contribution in [3.05, 3.63) is 28.9 Å². The number of benzene rings is 1. The first kappa shape index (κ1) is 9.86. The Morgan fingerprint density at radius 1 is 1.53 bits per heavy atom. The molecule has 2 rings (SSSR count). The number of nitrogens with one attached hydrogen (secondary N) is 1. The zero-order valence-electron chi connectivity index (χ0n) is 8.00. The van der Waals surface area contributed by atoms with Crippen LogP contribution in [0.4, 0.5) is 0 Å². The number of aromatic amines is 1. The van der Waals surface area contributed by atoms with Crippen LogP contribution in [0, 0.1) is 0 Å². The molecule has 0 spiro atoms. The Morgan fingerprint density at radius 3 is 2.87 bits per heavy atom. The Bertz CT molecular complexity index is 533. The first-order valence-electron chi connectivity index (χ1n) is 4.28. The molecule has 1 aromatic carbocycles. The van der Waals surface area contributed by atoms with Gasteiger partial charge >= 0.3 is 0 Å². The highest BCUT2D eigenvalue weighted by atomic mass is 35.5. The van der Waals surface area contributed by atoms with Crippen LogP contribution >= 0.6 is 11.6 Å². The van der Waals surface area contributed by atoms with Gasteiger partial charge in [-0.15, -0.1) is 0 Å². The van der Waals surface area contributed by atoms with Gasteiger partial charge in [0.05, 0.1) is 12.1 Å². The van der Waals surface area contributed by atoms with Gasteiger partial charge in [-0.1, -0.05) is 11.6 Å². The van der Waals surface area contributed by atoms with E-state index in [-0.39, 0.29) is 0 Å². The SMILES string of the molecule is COc1ccc2[nH]c(C(N)=O)cc2c1Cl. The number of ether oxygens (including phenoxy) is 1. The number of hydrogen-bond donors (Lipinski definition) is 2. The summed E-state index contributed by atoms with van der Waals surface area (Å²) in [6.45, 7) is 0. The van der Waals surface area contributed by atoms with E-state index >= 15 is 0 Å². The average molecular weight is 225 g/mol. The number of amides is 1. The van der Waals surface area contributed by atoms with Gasteiger partial charge in [-0.25, -0.2) is 0 Å². The van der Waals surface area contributed by atoms with Gasteiger partial charge in [-0.05, 0) is 18.2 Å². The van der Waals surface area contributed by atoms with E-state index in [1.54, 1.807) is 18.2 Å². The van der Waals surface area contributed by atoms with Crippen molar-refractivity contribution in [3.63, 3.8) is 0 Å². The van der Waals surface area contributed by atoms with Crippen molar-refractivity contribution < 1.29 is 9.53 Å². The molecule has 0 aliphatic rings. The summed E-state index contributed by atoms with van der Waals surface area (Å²) in [6, 6.07) is 5.13. The minimum atomic E-state index is -0.513. The Labute approximate surface area is 91.0 Å². The van der Waals surface area contributed by atoms with Crippen molar-refractivity contribution in [1.82, 2.24) is 4.98 Å². The minimum absolute atomic E-state index is 0.333. The lowest BCUT2D eigenvalue weighted by Gasteiger charge is -2.02. The minimum Gasteiger partial charge on any atom is -0.495 e. The van der Waals surface area contributed by atoms with E-state index in [9.17, 15) is 4.79 Å². The summed E-state index contributed by atoms with van der Waals surface area (Å²) in [6.07, 6.45) is 0. The van der Waals surface area contributed by atoms with Gasteiger partial charge in [0.2, 0.25) is 0 Å². The molecule has 0 unspecified atom stereocenters. The van der Waals surface area contributed by atoms with E-state index in [1.807, 2.05) is 0 Å². The molecular formula is C10H9ClN2O2. The monoisotopic (exact) mass is 224 g/mol. The smallest absolute Gasteiger partial charge is 0.265 e. The average Bonchev–Trinajstić information content (AvgIpc) is 2.63. The Kier molecular flexibility index (Phi) is 2.28. The van der Waals surface area contributed by atoms with E-state index in [1.165, 1.54) is 7.11 Å². The fourth-order valence-electron chi connectivity index (χ4n) is 1.44. The molecule has 78 valence electrons. The lowest BCUT2D eigenvalue weighted by Crippen LogP contribution is -2.10. The molecule has 4 nitrogen and oxygen atoms in total. The molecule has 2 aromatic rings. The predicted molar refractivity (Wildman–Crippen MR) is 58.4 cm³/mol. The highest BCUT2D eigenvalue weighted by Crippen LogP contribution is 2.32. The molecule has 0 bridgehead atoms. The van der Waals surface area contributed by atoms with E-state index in [0.717, 1.165) is 10.9 Å². The van der Waals surface area contributed by atoms with Crippen molar-refractivity contribution in [2.45, 2.75) is 0 Å². The number of carbonyl (C=O) groups excluding carboxylic acids is 1. The first-order chi connectivity index (χ1) is 7.13. The highest BCUT2D eigenvalue weighted by Gasteiger charge is 2.11. The third-order valence-electron chi connectivity index (χ3n) is 2.19. The second-order valence-electron chi connectivity index (χ2n) is 3.09. The summed E-state index contributed by atoms with van der Waals surface area (Å²) in [5, 5.41) is 1.20. The molecule has 0 radical (unpaired) electrons. The van der Waals surface area contributed by atoms with Crippen LogP contribution in [0.1, 0.15) is 10.5 Å². The standard InChI is InChI=1S/C10H9ClN2O2/c1-15-8-3-2-6-5(9(8)11)4-7(13-6)10(12)14/h2-4,13H,1H3,(H2,12,14). The lowest BCUT2D eigenvalue weighted by atomic mass is 10.2. The number of halogens is 1. The molecule has 15 heavy (non-hydrogen) atoms. The summed E-state index contributed by atoms with van der Waals surface area (Å²) in [5.74, 6) is 0.0559. The number of carbonyl (C=O) groups is 1. The zero-order chi connectivity index (χ0) is 11.0. The zero-order valence-corrected chi connectivity index (χ0v) is 8.76.